The smallest absolute Gasteiger partial charge is 0.237 e. The van der Waals surface area contributed by atoms with Crippen LogP contribution >= 0.6 is 0 Å². The number of hydrogen-bond donors (Lipinski definition) is 3. The summed E-state index contributed by atoms with van der Waals surface area (Å²) < 4.78 is 0. The lowest BCUT2D eigenvalue weighted by Gasteiger charge is -2.32. The number of carbonyl (C=O) groups excluding carboxylic acids is 1. The number of rotatable bonds is 3. The van der Waals surface area contributed by atoms with E-state index >= 15 is 0 Å². The molecule has 98 valence electrons. The van der Waals surface area contributed by atoms with Crippen molar-refractivity contribution in [1.29, 1.82) is 0 Å². The van der Waals surface area contributed by atoms with Gasteiger partial charge < -0.3 is 20.6 Å². The van der Waals surface area contributed by atoms with E-state index in [1.54, 1.807) is 0 Å². The minimum Gasteiger partial charge on any atom is -0.392 e. The van der Waals surface area contributed by atoms with Crippen LogP contribution in [0.5, 0.6) is 0 Å². The molecular weight excluding hydrogens is 218 g/mol. The molecule has 0 aromatic heterocycles. The van der Waals surface area contributed by atoms with Crippen LogP contribution < -0.4 is 10.6 Å². The lowest BCUT2D eigenvalue weighted by Crippen LogP contribution is -2.51. The summed E-state index contributed by atoms with van der Waals surface area (Å²) in [6.45, 7) is 5.83. The van der Waals surface area contributed by atoms with Gasteiger partial charge >= 0.3 is 0 Å². The lowest BCUT2D eigenvalue weighted by atomic mass is 10.0. The fourth-order valence-electron chi connectivity index (χ4n) is 2.68. The zero-order valence-electron chi connectivity index (χ0n) is 10.5. The molecule has 2 heterocycles. The van der Waals surface area contributed by atoms with Gasteiger partial charge in [0.25, 0.3) is 0 Å². The van der Waals surface area contributed by atoms with Crippen LogP contribution in [0.3, 0.4) is 0 Å². The molecule has 17 heavy (non-hydrogen) atoms. The Morgan fingerprint density at radius 3 is 3.06 bits per heavy atom. The van der Waals surface area contributed by atoms with Gasteiger partial charge in [-0.3, -0.25) is 4.79 Å². The van der Waals surface area contributed by atoms with Crippen LogP contribution in [-0.4, -0.2) is 60.3 Å². The Bertz CT molecular complexity index is 272. The van der Waals surface area contributed by atoms with Crippen molar-refractivity contribution in [1.82, 2.24) is 15.5 Å². The van der Waals surface area contributed by atoms with Crippen LogP contribution in [-0.2, 0) is 4.79 Å². The summed E-state index contributed by atoms with van der Waals surface area (Å²) in [4.78, 5) is 14.3. The standard InChI is InChI=1S/C12H23N3O2/c1-2-15-5-3-4-9(8-15)14-12(17)11-6-10(16)7-13-11/h9-11,13,16H,2-8H2,1H3,(H,14,17)/t9-,10-,11-/m0/s1. The first kappa shape index (κ1) is 12.8. The summed E-state index contributed by atoms with van der Waals surface area (Å²) in [6.07, 6.45) is 2.39. The number of carbonyl (C=O) groups is 1. The van der Waals surface area contributed by atoms with E-state index < -0.39 is 0 Å². The maximum atomic E-state index is 12.0. The van der Waals surface area contributed by atoms with E-state index in [2.05, 4.69) is 22.5 Å². The molecular formula is C12H23N3O2. The molecule has 0 bridgehead atoms. The van der Waals surface area contributed by atoms with E-state index in [4.69, 9.17) is 0 Å². The molecule has 2 aliphatic heterocycles. The quantitative estimate of drug-likeness (QED) is 0.612. The molecule has 1 amide bonds. The number of nitrogens with zero attached hydrogens (tertiary/aromatic N) is 1. The monoisotopic (exact) mass is 241 g/mol. The molecule has 2 rings (SSSR count). The van der Waals surface area contributed by atoms with Crippen LogP contribution in [0.4, 0.5) is 0 Å². The van der Waals surface area contributed by atoms with Crippen molar-refractivity contribution < 1.29 is 9.90 Å². The number of likely N-dealkylation sites (N-methyl/N-ethyl adjacent to an activating group) is 1. The summed E-state index contributed by atoms with van der Waals surface area (Å²) >= 11 is 0. The predicted octanol–water partition coefficient (Wildman–Crippen LogP) is -0.690. The third-order valence-corrected chi connectivity index (χ3v) is 3.72. The Balaban J connectivity index is 1.78. The number of likely N-dealkylation sites (tertiary alicyclic amines) is 1. The molecule has 2 aliphatic rings. The molecule has 3 atom stereocenters. The number of aliphatic hydroxyl groups is 1. The van der Waals surface area contributed by atoms with Crippen LogP contribution in [0.15, 0.2) is 0 Å². The highest BCUT2D eigenvalue weighted by atomic mass is 16.3. The molecule has 5 nitrogen and oxygen atoms in total. The molecule has 0 aromatic rings. The minimum atomic E-state index is -0.371. The molecule has 2 fully saturated rings. The number of β-amino-alcohol motifs (C(OH)–C–C–N with tert-alkyl or cyclic N) is 1. The summed E-state index contributed by atoms with van der Waals surface area (Å²) in [5.41, 5.74) is 0. The van der Waals surface area contributed by atoms with Crippen molar-refractivity contribution in [2.75, 3.05) is 26.2 Å². The van der Waals surface area contributed by atoms with Gasteiger partial charge in [0.15, 0.2) is 0 Å². The average molecular weight is 241 g/mol. The normalized spacial score (nSPS) is 34.8. The van der Waals surface area contributed by atoms with Crippen molar-refractivity contribution in [3.8, 4) is 0 Å². The van der Waals surface area contributed by atoms with Gasteiger partial charge in [-0.2, -0.15) is 0 Å². The Morgan fingerprint density at radius 2 is 2.41 bits per heavy atom. The molecule has 3 N–H and O–H groups in total. The van der Waals surface area contributed by atoms with E-state index in [1.165, 1.54) is 0 Å². The van der Waals surface area contributed by atoms with Gasteiger partial charge in [0.2, 0.25) is 5.91 Å². The predicted molar refractivity (Wildman–Crippen MR) is 65.7 cm³/mol. The van der Waals surface area contributed by atoms with Crippen LogP contribution in [0, 0.1) is 0 Å². The molecule has 0 unspecified atom stereocenters. The van der Waals surface area contributed by atoms with Gasteiger partial charge in [-0.1, -0.05) is 6.92 Å². The highest BCUT2D eigenvalue weighted by molar-refractivity contribution is 5.82. The Kier molecular flexibility index (Phi) is 4.36. The van der Waals surface area contributed by atoms with Crippen molar-refractivity contribution in [3.63, 3.8) is 0 Å². The van der Waals surface area contributed by atoms with E-state index in [-0.39, 0.29) is 24.1 Å². The van der Waals surface area contributed by atoms with Gasteiger partial charge in [0.05, 0.1) is 12.1 Å². The SMILES string of the molecule is CCN1CCC[C@H](NC(=O)[C@@H]2C[C@H](O)CN2)C1. The molecule has 0 aliphatic carbocycles. The molecule has 0 spiro atoms. The third kappa shape index (κ3) is 3.40. The second-order valence-corrected chi connectivity index (χ2v) is 5.09. The molecule has 2 saturated heterocycles. The lowest BCUT2D eigenvalue weighted by molar-refractivity contribution is -0.124. The fraction of sp³-hybridized carbons (Fsp3) is 0.917. The number of amides is 1. The first-order valence-electron chi connectivity index (χ1n) is 6.63. The van der Waals surface area contributed by atoms with Gasteiger partial charge in [0, 0.05) is 19.1 Å². The van der Waals surface area contributed by atoms with E-state index in [0.717, 1.165) is 32.5 Å². The van der Waals surface area contributed by atoms with Gasteiger partial charge in [-0.25, -0.2) is 0 Å². The summed E-state index contributed by atoms with van der Waals surface area (Å²) in [5, 5.41) is 15.5. The molecule has 5 heteroatoms. The molecule has 0 saturated carbocycles. The first-order valence-corrected chi connectivity index (χ1v) is 6.63. The Labute approximate surface area is 103 Å². The van der Waals surface area contributed by atoms with Crippen LogP contribution in [0.25, 0.3) is 0 Å². The number of piperidine rings is 1. The van der Waals surface area contributed by atoms with Crippen molar-refractivity contribution >= 4 is 5.91 Å². The van der Waals surface area contributed by atoms with Gasteiger partial charge in [0.1, 0.15) is 0 Å². The minimum absolute atomic E-state index is 0.0458. The second kappa shape index (κ2) is 5.80. The van der Waals surface area contributed by atoms with E-state index in [0.29, 0.717) is 13.0 Å². The number of hydrogen-bond acceptors (Lipinski definition) is 4. The van der Waals surface area contributed by atoms with Crippen molar-refractivity contribution in [3.05, 3.63) is 0 Å². The maximum Gasteiger partial charge on any atom is 0.237 e. The first-order chi connectivity index (χ1) is 8.19. The number of nitrogens with one attached hydrogen (secondary N) is 2. The van der Waals surface area contributed by atoms with Gasteiger partial charge in [-0.05, 0) is 32.4 Å². The fourth-order valence-corrected chi connectivity index (χ4v) is 2.68. The van der Waals surface area contributed by atoms with E-state index in [1.807, 2.05) is 0 Å². The summed E-state index contributed by atoms with van der Waals surface area (Å²) in [6, 6.07) is 0.0674. The van der Waals surface area contributed by atoms with Crippen LogP contribution in [0.2, 0.25) is 0 Å². The van der Waals surface area contributed by atoms with Gasteiger partial charge in [-0.15, -0.1) is 0 Å². The average Bonchev–Trinajstić information content (AvgIpc) is 2.76. The maximum absolute atomic E-state index is 12.0. The largest absolute Gasteiger partial charge is 0.392 e. The molecule has 0 radical (unpaired) electrons. The highest BCUT2D eigenvalue weighted by Gasteiger charge is 2.30. The topological polar surface area (TPSA) is 64.6 Å². The van der Waals surface area contributed by atoms with Crippen LogP contribution in [0.1, 0.15) is 26.2 Å². The van der Waals surface area contributed by atoms with E-state index in [9.17, 15) is 9.90 Å². The zero-order chi connectivity index (χ0) is 12.3. The molecule has 0 aromatic carbocycles. The Morgan fingerprint density at radius 1 is 1.59 bits per heavy atom. The summed E-state index contributed by atoms with van der Waals surface area (Å²) in [7, 11) is 0. The second-order valence-electron chi connectivity index (χ2n) is 5.09. The summed E-state index contributed by atoms with van der Waals surface area (Å²) in [5.74, 6) is 0.0458. The third-order valence-electron chi connectivity index (χ3n) is 3.72. The van der Waals surface area contributed by atoms with Crippen molar-refractivity contribution in [2.24, 2.45) is 0 Å². The number of aliphatic hydroxyl groups excluding tert-OH is 1. The van der Waals surface area contributed by atoms with Crippen molar-refractivity contribution in [2.45, 2.75) is 44.4 Å². The Hall–Kier alpha value is -0.650. The highest BCUT2D eigenvalue weighted by Crippen LogP contribution is 2.11. The zero-order valence-corrected chi connectivity index (χ0v) is 10.5.